The Bertz CT molecular complexity index is 287. The van der Waals surface area contributed by atoms with E-state index >= 15 is 0 Å². The van der Waals surface area contributed by atoms with Crippen LogP contribution < -0.4 is 10.6 Å². The van der Waals surface area contributed by atoms with Gasteiger partial charge in [0.2, 0.25) is 11.8 Å². The van der Waals surface area contributed by atoms with Crippen molar-refractivity contribution in [3.63, 3.8) is 0 Å². The molecule has 2 N–H and O–H groups in total. The summed E-state index contributed by atoms with van der Waals surface area (Å²) < 4.78 is 0. The summed E-state index contributed by atoms with van der Waals surface area (Å²) in [5.41, 5.74) is 0. The van der Waals surface area contributed by atoms with Gasteiger partial charge in [-0.1, -0.05) is 0 Å². The zero-order chi connectivity index (χ0) is 11.5. The van der Waals surface area contributed by atoms with Crippen molar-refractivity contribution in [3.8, 4) is 0 Å². The van der Waals surface area contributed by atoms with Gasteiger partial charge in [0.15, 0.2) is 0 Å². The van der Waals surface area contributed by atoms with Crippen molar-refractivity contribution in [1.82, 2.24) is 15.5 Å². The third-order valence-electron chi connectivity index (χ3n) is 3.27. The van der Waals surface area contributed by atoms with Gasteiger partial charge in [-0.05, 0) is 25.8 Å². The van der Waals surface area contributed by atoms with E-state index in [1.165, 1.54) is 6.92 Å². The first-order valence-corrected chi connectivity index (χ1v) is 5.96. The summed E-state index contributed by atoms with van der Waals surface area (Å²) in [5, 5.41) is 6.07. The van der Waals surface area contributed by atoms with Gasteiger partial charge in [-0.3, -0.25) is 9.59 Å². The molecule has 0 radical (unpaired) electrons. The van der Waals surface area contributed by atoms with Gasteiger partial charge in [-0.2, -0.15) is 0 Å². The monoisotopic (exact) mass is 225 g/mol. The molecule has 5 nitrogen and oxygen atoms in total. The topological polar surface area (TPSA) is 61.4 Å². The number of hydrogen-bond acceptors (Lipinski definition) is 3. The van der Waals surface area contributed by atoms with Crippen molar-refractivity contribution in [2.75, 3.05) is 19.6 Å². The molecule has 0 spiro atoms. The summed E-state index contributed by atoms with van der Waals surface area (Å²) >= 11 is 0. The molecule has 0 aromatic carbocycles. The van der Waals surface area contributed by atoms with Gasteiger partial charge in [-0.25, -0.2) is 0 Å². The number of nitrogens with zero attached hydrogens (tertiary/aromatic N) is 1. The zero-order valence-corrected chi connectivity index (χ0v) is 9.66. The van der Waals surface area contributed by atoms with Crippen molar-refractivity contribution < 1.29 is 9.59 Å². The molecular formula is C11H19N3O2. The maximum absolute atomic E-state index is 12.0. The lowest BCUT2D eigenvalue weighted by Crippen LogP contribution is -2.44. The highest BCUT2D eigenvalue weighted by Gasteiger charge is 2.32. The number of carbonyl (C=O) groups excluding carboxylic acids is 2. The van der Waals surface area contributed by atoms with Gasteiger partial charge in [0, 0.05) is 26.1 Å². The predicted octanol–water partition coefficient (Wildman–Crippen LogP) is -0.525. The van der Waals surface area contributed by atoms with E-state index in [4.69, 9.17) is 0 Å². The van der Waals surface area contributed by atoms with Crippen LogP contribution >= 0.6 is 0 Å². The molecule has 0 aliphatic carbocycles. The molecule has 1 unspecified atom stereocenters. The molecular weight excluding hydrogens is 206 g/mol. The third kappa shape index (κ3) is 2.52. The number of likely N-dealkylation sites (tertiary alicyclic amines) is 1. The van der Waals surface area contributed by atoms with Crippen LogP contribution in [0.25, 0.3) is 0 Å². The Labute approximate surface area is 95.6 Å². The van der Waals surface area contributed by atoms with Crippen molar-refractivity contribution in [1.29, 1.82) is 0 Å². The molecule has 2 aliphatic heterocycles. The summed E-state index contributed by atoms with van der Waals surface area (Å²) in [5.74, 6) is 0.184. The van der Waals surface area contributed by atoms with E-state index in [1.54, 1.807) is 0 Å². The highest BCUT2D eigenvalue weighted by Crippen LogP contribution is 2.14. The fourth-order valence-electron chi connectivity index (χ4n) is 2.48. The highest BCUT2D eigenvalue weighted by atomic mass is 16.2. The molecule has 2 saturated heterocycles. The standard InChI is InChI=1S/C11H19N3O2/c1-8(15)13-9-4-6-14(7-9)11(16)10-3-2-5-12-10/h9-10,12H,2-7H2,1H3,(H,13,15)/t9?,10-/m0/s1. The predicted molar refractivity (Wildman–Crippen MR) is 59.8 cm³/mol. The largest absolute Gasteiger partial charge is 0.352 e. The molecule has 0 saturated carbocycles. The zero-order valence-electron chi connectivity index (χ0n) is 9.66. The van der Waals surface area contributed by atoms with Crippen LogP contribution in [0.3, 0.4) is 0 Å². The van der Waals surface area contributed by atoms with Crippen molar-refractivity contribution in [3.05, 3.63) is 0 Å². The Morgan fingerprint density at radius 3 is 2.81 bits per heavy atom. The van der Waals surface area contributed by atoms with Crippen molar-refractivity contribution >= 4 is 11.8 Å². The number of nitrogens with one attached hydrogen (secondary N) is 2. The molecule has 2 amide bonds. The smallest absolute Gasteiger partial charge is 0.239 e. The number of rotatable bonds is 2. The van der Waals surface area contributed by atoms with Gasteiger partial charge in [-0.15, -0.1) is 0 Å². The first-order valence-electron chi connectivity index (χ1n) is 5.96. The average molecular weight is 225 g/mol. The van der Waals surface area contributed by atoms with Crippen LogP contribution in [0.4, 0.5) is 0 Å². The van der Waals surface area contributed by atoms with Gasteiger partial charge in [0.05, 0.1) is 6.04 Å². The van der Waals surface area contributed by atoms with E-state index in [0.29, 0.717) is 6.54 Å². The second-order valence-corrected chi connectivity index (χ2v) is 4.62. The van der Waals surface area contributed by atoms with E-state index in [9.17, 15) is 9.59 Å². The summed E-state index contributed by atoms with van der Waals surface area (Å²) in [4.78, 5) is 24.8. The van der Waals surface area contributed by atoms with E-state index in [1.807, 2.05) is 4.90 Å². The van der Waals surface area contributed by atoms with E-state index in [-0.39, 0.29) is 23.9 Å². The van der Waals surface area contributed by atoms with Gasteiger partial charge >= 0.3 is 0 Å². The molecule has 2 rings (SSSR count). The number of carbonyl (C=O) groups is 2. The van der Waals surface area contributed by atoms with Crippen LogP contribution in [0.15, 0.2) is 0 Å². The molecule has 0 aromatic heterocycles. The molecule has 16 heavy (non-hydrogen) atoms. The Kier molecular flexibility index (Phi) is 3.43. The summed E-state index contributed by atoms with van der Waals surface area (Å²) in [6.07, 6.45) is 2.90. The number of hydrogen-bond donors (Lipinski definition) is 2. The lowest BCUT2D eigenvalue weighted by Gasteiger charge is -2.20. The first kappa shape index (κ1) is 11.4. The van der Waals surface area contributed by atoms with Crippen LogP contribution in [-0.4, -0.2) is 48.4 Å². The molecule has 2 aliphatic rings. The summed E-state index contributed by atoms with van der Waals surface area (Å²) in [7, 11) is 0. The molecule has 2 heterocycles. The maximum atomic E-state index is 12.0. The quantitative estimate of drug-likeness (QED) is 0.664. The van der Waals surface area contributed by atoms with Crippen molar-refractivity contribution in [2.24, 2.45) is 0 Å². The van der Waals surface area contributed by atoms with Crippen LogP contribution in [0.2, 0.25) is 0 Å². The van der Waals surface area contributed by atoms with Gasteiger partial charge < -0.3 is 15.5 Å². The minimum Gasteiger partial charge on any atom is -0.352 e. The summed E-state index contributed by atoms with van der Waals surface area (Å²) in [6, 6.07) is 0.152. The van der Waals surface area contributed by atoms with Gasteiger partial charge in [0.1, 0.15) is 0 Å². The summed E-state index contributed by atoms with van der Waals surface area (Å²) in [6.45, 7) is 3.89. The average Bonchev–Trinajstić information content (AvgIpc) is 2.84. The molecule has 2 fully saturated rings. The molecule has 90 valence electrons. The van der Waals surface area contributed by atoms with Gasteiger partial charge in [0.25, 0.3) is 0 Å². The van der Waals surface area contributed by atoms with Crippen LogP contribution in [0.5, 0.6) is 0 Å². The van der Waals surface area contributed by atoms with Crippen LogP contribution in [0, 0.1) is 0 Å². The Morgan fingerprint density at radius 2 is 2.19 bits per heavy atom. The second-order valence-electron chi connectivity index (χ2n) is 4.62. The fraction of sp³-hybridized carbons (Fsp3) is 0.818. The van der Waals surface area contributed by atoms with E-state index < -0.39 is 0 Å². The lowest BCUT2D eigenvalue weighted by atomic mass is 10.2. The third-order valence-corrected chi connectivity index (χ3v) is 3.27. The minimum atomic E-state index is -0.0155. The van der Waals surface area contributed by atoms with E-state index in [2.05, 4.69) is 10.6 Å². The van der Waals surface area contributed by atoms with E-state index in [0.717, 1.165) is 32.4 Å². The Balaban J connectivity index is 1.83. The van der Waals surface area contributed by atoms with Crippen LogP contribution in [-0.2, 0) is 9.59 Å². The SMILES string of the molecule is CC(=O)NC1CCN(C(=O)[C@@H]2CCCN2)C1. The minimum absolute atomic E-state index is 0.0103. The Morgan fingerprint density at radius 1 is 1.38 bits per heavy atom. The first-order chi connectivity index (χ1) is 7.66. The van der Waals surface area contributed by atoms with Crippen molar-refractivity contribution in [2.45, 2.75) is 38.3 Å². The lowest BCUT2D eigenvalue weighted by molar-refractivity contribution is -0.132. The number of amides is 2. The second kappa shape index (κ2) is 4.82. The molecule has 5 heteroatoms. The normalized spacial score (nSPS) is 29.4. The Hall–Kier alpha value is -1.10. The molecule has 2 atom stereocenters. The molecule has 0 aromatic rings. The molecule has 0 bridgehead atoms. The van der Waals surface area contributed by atoms with Crippen LogP contribution in [0.1, 0.15) is 26.2 Å². The fourth-order valence-corrected chi connectivity index (χ4v) is 2.48. The maximum Gasteiger partial charge on any atom is 0.239 e. The highest BCUT2D eigenvalue weighted by molar-refractivity contribution is 5.82.